The van der Waals surface area contributed by atoms with Crippen LogP contribution < -0.4 is 10.6 Å². The van der Waals surface area contributed by atoms with Gasteiger partial charge < -0.3 is 20.3 Å². The SMILES string of the molecule is Cc1nc2c(F)cc(-c3nc(Nc4ccc(CN5CCN[C@@H](CO)C5)cn4)ncc3F)cc2n1C(C)C. The predicted octanol–water partition coefficient (Wildman–Crippen LogP) is 3.57. The van der Waals surface area contributed by atoms with Gasteiger partial charge >= 0.3 is 0 Å². The van der Waals surface area contributed by atoms with Gasteiger partial charge in [0.05, 0.1) is 18.3 Å². The first-order chi connectivity index (χ1) is 17.8. The number of nitrogens with one attached hydrogen (secondary N) is 2. The number of nitrogens with zero attached hydrogens (tertiary/aromatic N) is 6. The minimum Gasteiger partial charge on any atom is -0.395 e. The lowest BCUT2D eigenvalue weighted by molar-refractivity contribution is 0.143. The molecule has 0 spiro atoms. The standard InChI is InChI=1S/C26H30F2N8O/c1-15(2)36-16(3)32-25-20(27)8-18(9-22(25)36)24-21(28)11-31-26(34-24)33-23-5-4-17(10-30-23)12-35-7-6-29-19(13-35)14-37/h4-5,8-11,15,19,29,37H,6-7,12-14H2,1-3H3,(H,30,31,33,34)/t19-/m1/s1. The molecule has 3 aromatic heterocycles. The Morgan fingerprint density at radius 1 is 1.14 bits per heavy atom. The van der Waals surface area contributed by atoms with E-state index in [9.17, 15) is 13.9 Å². The van der Waals surface area contributed by atoms with E-state index in [1.54, 1.807) is 12.3 Å². The number of benzene rings is 1. The molecule has 0 bridgehead atoms. The number of aliphatic hydroxyl groups excluding tert-OH is 1. The van der Waals surface area contributed by atoms with Gasteiger partial charge in [0.2, 0.25) is 5.95 Å². The molecule has 11 heteroatoms. The highest BCUT2D eigenvalue weighted by Crippen LogP contribution is 2.30. The van der Waals surface area contributed by atoms with Gasteiger partial charge in [0.1, 0.15) is 22.9 Å². The Morgan fingerprint density at radius 2 is 1.97 bits per heavy atom. The van der Waals surface area contributed by atoms with Crippen LogP contribution in [0.3, 0.4) is 0 Å². The lowest BCUT2D eigenvalue weighted by atomic mass is 10.1. The molecular formula is C26H30F2N8O. The molecule has 0 amide bonds. The van der Waals surface area contributed by atoms with Gasteiger partial charge in [-0.25, -0.2) is 28.7 Å². The van der Waals surface area contributed by atoms with Gasteiger partial charge in [-0.05, 0) is 44.5 Å². The number of pyridine rings is 1. The largest absolute Gasteiger partial charge is 0.395 e. The second-order valence-corrected chi connectivity index (χ2v) is 9.58. The Bertz CT molecular complexity index is 1410. The molecule has 1 aliphatic heterocycles. The first kappa shape index (κ1) is 25.1. The van der Waals surface area contributed by atoms with Gasteiger partial charge in [0, 0.05) is 50.0 Å². The molecule has 1 saturated heterocycles. The average Bonchev–Trinajstić information content (AvgIpc) is 3.23. The highest BCUT2D eigenvalue weighted by atomic mass is 19.1. The highest BCUT2D eigenvalue weighted by Gasteiger charge is 2.20. The Labute approximate surface area is 213 Å². The van der Waals surface area contributed by atoms with Crippen LogP contribution in [0.2, 0.25) is 0 Å². The molecule has 1 aliphatic rings. The summed E-state index contributed by atoms with van der Waals surface area (Å²) in [6.07, 6.45) is 2.83. The maximum Gasteiger partial charge on any atom is 0.229 e. The monoisotopic (exact) mass is 508 g/mol. The summed E-state index contributed by atoms with van der Waals surface area (Å²) < 4.78 is 31.6. The van der Waals surface area contributed by atoms with Gasteiger partial charge in [-0.1, -0.05) is 6.07 Å². The van der Waals surface area contributed by atoms with E-state index in [2.05, 4.69) is 35.5 Å². The summed E-state index contributed by atoms with van der Waals surface area (Å²) in [5.74, 6) is 0.154. The number of halogens is 2. The molecule has 1 fully saturated rings. The zero-order chi connectivity index (χ0) is 26.1. The summed E-state index contributed by atoms with van der Waals surface area (Å²) in [5.41, 5.74) is 2.16. The van der Waals surface area contributed by atoms with E-state index in [1.807, 2.05) is 37.5 Å². The fourth-order valence-electron chi connectivity index (χ4n) is 4.81. The number of hydrogen-bond acceptors (Lipinski definition) is 8. The van der Waals surface area contributed by atoms with E-state index in [-0.39, 0.29) is 35.8 Å². The predicted molar refractivity (Wildman–Crippen MR) is 137 cm³/mol. The second kappa shape index (κ2) is 10.4. The van der Waals surface area contributed by atoms with Crippen LogP contribution in [0.15, 0.2) is 36.7 Å². The number of anilines is 2. The first-order valence-electron chi connectivity index (χ1n) is 12.3. The molecule has 5 rings (SSSR count). The van der Waals surface area contributed by atoms with Crippen molar-refractivity contribution in [2.75, 3.05) is 31.6 Å². The molecule has 0 aliphatic carbocycles. The van der Waals surface area contributed by atoms with Crippen molar-refractivity contribution in [1.82, 2.24) is 34.7 Å². The normalized spacial score (nSPS) is 16.6. The zero-order valence-electron chi connectivity index (χ0n) is 21.0. The molecule has 37 heavy (non-hydrogen) atoms. The molecule has 9 nitrogen and oxygen atoms in total. The maximum atomic E-state index is 14.9. The quantitative estimate of drug-likeness (QED) is 0.348. The molecule has 0 unspecified atom stereocenters. The second-order valence-electron chi connectivity index (χ2n) is 9.58. The molecule has 4 aromatic rings. The fourth-order valence-corrected chi connectivity index (χ4v) is 4.81. The van der Waals surface area contributed by atoms with Crippen LogP contribution in [0, 0.1) is 18.6 Å². The molecule has 0 radical (unpaired) electrons. The number of imidazole rings is 1. The van der Waals surface area contributed by atoms with E-state index < -0.39 is 11.6 Å². The van der Waals surface area contributed by atoms with E-state index in [0.29, 0.717) is 22.7 Å². The topological polar surface area (TPSA) is 104 Å². The van der Waals surface area contributed by atoms with E-state index in [4.69, 9.17) is 0 Å². The van der Waals surface area contributed by atoms with Crippen molar-refractivity contribution in [2.24, 2.45) is 0 Å². The Morgan fingerprint density at radius 3 is 2.70 bits per heavy atom. The molecule has 3 N–H and O–H groups in total. The number of aryl methyl sites for hydroxylation is 1. The maximum absolute atomic E-state index is 14.9. The van der Waals surface area contributed by atoms with Crippen LogP contribution in [-0.2, 0) is 6.54 Å². The third kappa shape index (κ3) is 5.29. The van der Waals surface area contributed by atoms with Crippen molar-refractivity contribution in [2.45, 2.75) is 39.4 Å². The van der Waals surface area contributed by atoms with Gasteiger partial charge in [0.15, 0.2) is 11.6 Å². The number of hydrogen-bond donors (Lipinski definition) is 3. The Kier molecular flexibility index (Phi) is 7.09. The Hall–Kier alpha value is -3.54. The lowest BCUT2D eigenvalue weighted by Crippen LogP contribution is -2.51. The van der Waals surface area contributed by atoms with Crippen molar-refractivity contribution in [3.8, 4) is 11.3 Å². The van der Waals surface area contributed by atoms with Crippen molar-refractivity contribution < 1.29 is 13.9 Å². The number of piperazine rings is 1. The molecule has 1 aromatic carbocycles. The van der Waals surface area contributed by atoms with Crippen molar-refractivity contribution in [1.29, 1.82) is 0 Å². The number of rotatable bonds is 7. The van der Waals surface area contributed by atoms with Gasteiger partial charge in [-0.15, -0.1) is 0 Å². The molecular weight excluding hydrogens is 478 g/mol. The fraction of sp³-hybridized carbons (Fsp3) is 0.385. The van der Waals surface area contributed by atoms with Gasteiger partial charge in [0.25, 0.3) is 0 Å². The first-order valence-corrected chi connectivity index (χ1v) is 12.3. The third-order valence-corrected chi connectivity index (χ3v) is 6.49. The summed E-state index contributed by atoms with van der Waals surface area (Å²) in [5, 5.41) is 15.7. The van der Waals surface area contributed by atoms with Crippen LogP contribution >= 0.6 is 0 Å². The number of aliphatic hydroxyl groups is 1. The van der Waals surface area contributed by atoms with Crippen LogP contribution in [0.25, 0.3) is 22.3 Å². The number of fused-ring (bicyclic) bond motifs is 1. The minimum absolute atomic E-state index is 0.0128. The molecule has 1 atom stereocenters. The number of aromatic nitrogens is 5. The molecule has 4 heterocycles. The lowest BCUT2D eigenvalue weighted by Gasteiger charge is -2.32. The van der Waals surface area contributed by atoms with E-state index >= 15 is 0 Å². The van der Waals surface area contributed by atoms with Crippen LogP contribution in [-0.4, -0.2) is 66.8 Å². The van der Waals surface area contributed by atoms with Crippen LogP contribution in [0.1, 0.15) is 31.3 Å². The van der Waals surface area contributed by atoms with Crippen LogP contribution in [0.5, 0.6) is 0 Å². The molecule has 194 valence electrons. The smallest absolute Gasteiger partial charge is 0.229 e. The Balaban J connectivity index is 1.36. The average molecular weight is 509 g/mol. The summed E-state index contributed by atoms with van der Waals surface area (Å²) in [7, 11) is 0. The summed E-state index contributed by atoms with van der Waals surface area (Å²) in [6, 6.07) is 6.86. The molecule has 0 saturated carbocycles. The minimum atomic E-state index is -0.655. The van der Waals surface area contributed by atoms with Crippen molar-refractivity contribution >= 4 is 22.8 Å². The summed E-state index contributed by atoms with van der Waals surface area (Å²) in [4.78, 5) is 19.4. The van der Waals surface area contributed by atoms with Crippen molar-refractivity contribution in [3.05, 3.63) is 59.7 Å². The highest BCUT2D eigenvalue weighted by molar-refractivity contribution is 5.83. The summed E-state index contributed by atoms with van der Waals surface area (Å²) >= 11 is 0. The van der Waals surface area contributed by atoms with Crippen LogP contribution in [0.4, 0.5) is 20.5 Å². The van der Waals surface area contributed by atoms with Gasteiger partial charge in [-0.3, -0.25) is 4.90 Å². The summed E-state index contributed by atoms with van der Waals surface area (Å²) in [6.45, 7) is 9.12. The zero-order valence-corrected chi connectivity index (χ0v) is 21.0. The van der Waals surface area contributed by atoms with E-state index in [1.165, 1.54) is 6.07 Å². The van der Waals surface area contributed by atoms with E-state index in [0.717, 1.165) is 37.9 Å². The van der Waals surface area contributed by atoms with Crippen molar-refractivity contribution in [3.63, 3.8) is 0 Å². The third-order valence-electron chi connectivity index (χ3n) is 6.49. The van der Waals surface area contributed by atoms with Gasteiger partial charge in [-0.2, -0.15) is 0 Å².